The minimum Gasteiger partial charge on any atom is -0.394 e. The van der Waals surface area contributed by atoms with Gasteiger partial charge in [-0.15, -0.1) is 0 Å². The molecule has 0 radical (unpaired) electrons. The second-order valence-corrected chi connectivity index (χ2v) is 26.4. The Balaban J connectivity index is 1.43. The molecule has 3 aliphatic heterocycles. The first-order chi connectivity index (χ1) is 45.8. The van der Waals surface area contributed by atoms with Crippen LogP contribution in [0.5, 0.6) is 0 Å². The number of ether oxygens (including phenoxy) is 6. The van der Waals surface area contributed by atoms with E-state index in [4.69, 9.17) is 28.4 Å². The molecule has 0 aromatic rings. The minimum absolute atomic E-state index is 0.227. The quantitative estimate of drug-likeness (QED) is 0.0199. The summed E-state index contributed by atoms with van der Waals surface area (Å²) >= 11 is 0. The van der Waals surface area contributed by atoms with Gasteiger partial charge in [0, 0.05) is 6.42 Å². The summed E-state index contributed by atoms with van der Waals surface area (Å²) in [6, 6.07) is -0.997. The Kier molecular flexibility index (Phi) is 50.9. The molecule has 12 N–H and O–H groups in total. The van der Waals surface area contributed by atoms with E-state index in [1.165, 1.54) is 154 Å². The third kappa shape index (κ3) is 36.9. The number of aliphatic hydroxyl groups excluding tert-OH is 11. The van der Waals surface area contributed by atoms with Gasteiger partial charge < -0.3 is 89.9 Å². The van der Waals surface area contributed by atoms with E-state index in [0.717, 1.165) is 77.0 Å². The zero-order valence-corrected chi connectivity index (χ0v) is 57.9. The van der Waals surface area contributed by atoms with E-state index in [0.29, 0.717) is 12.8 Å². The molecule has 0 bridgehead atoms. The maximum Gasteiger partial charge on any atom is 0.220 e. The average Bonchev–Trinajstić information content (AvgIpc) is 0.787. The number of unbranched alkanes of at least 4 members (excludes halogenated alkanes) is 31. The highest BCUT2D eigenvalue weighted by Gasteiger charge is 2.53. The average molecular weight is 1340 g/mol. The molecule has 0 aromatic carbocycles. The van der Waals surface area contributed by atoms with Crippen molar-refractivity contribution in [3.05, 3.63) is 72.9 Å². The van der Waals surface area contributed by atoms with Gasteiger partial charge in [-0.2, -0.15) is 0 Å². The van der Waals surface area contributed by atoms with Gasteiger partial charge in [0.2, 0.25) is 5.91 Å². The van der Waals surface area contributed by atoms with Crippen molar-refractivity contribution in [2.75, 3.05) is 26.4 Å². The van der Waals surface area contributed by atoms with Gasteiger partial charge >= 0.3 is 0 Å². The predicted octanol–water partition coefficient (Wildman–Crippen LogP) is 10.9. The van der Waals surface area contributed by atoms with E-state index < -0.39 is 124 Å². The fourth-order valence-corrected chi connectivity index (χ4v) is 12.3. The Bertz CT molecular complexity index is 1980. The molecule has 3 fully saturated rings. The molecule has 94 heavy (non-hydrogen) atoms. The maximum absolute atomic E-state index is 13.4. The largest absolute Gasteiger partial charge is 0.394 e. The first-order valence-electron chi connectivity index (χ1n) is 37.2. The number of carbonyl (C=O) groups excluding carboxylic acids is 1. The van der Waals surface area contributed by atoms with Gasteiger partial charge in [0.1, 0.15) is 73.2 Å². The molecule has 3 aliphatic rings. The number of hydrogen-bond donors (Lipinski definition) is 12. The summed E-state index contributed by atoms with van der Waals surface area (Å²) in [4.78, 5) is 13.4. The lowest BCUT2D eigenvalue weighted by Crippen LogP contribution is -2.66. The van der Waals surface area contributed by atoms with Crippen molar-refractivity contribution in [3.63, 3.8) is 0 Å². The van der Waals surface area contributed by atoms with Crippen molar-refractivity contribution < 1.29 is 89.4 Å². The van der Waals surface area contributed by atoms with Gasteiger partial charge in [0.15, 0.2) is 18.9 Å². The fourth-order valence-electron chi connectivity index (χ4n) is 12.3. The molecule has 19 nitrogen and oxygen atoms in total. The fraction of sp³-hybridized carbons (Fsp3) is 0.827. The van der Waals surface area contributed by atoms with Gasteiger partial charge in [-0.25, -0.2) is 0 Å². The molecular weight excluding hydrogens is 1200 g/mol. The SMILES string of the molecule is CC/C=C\C/C=C\C/C=C\C/C=C\CCCCCCCCCCCCC(=O)NC(COC1OC(CO)C(OC2OC(CO)C(OC3OC(CO)C(O)C(O)C3O)C(O)C2O)C(O)C1O)C(O)/C=C/CC/C=C/CCCCCCCCCCCCCCCCCCCCCC. The summed E-state index contributed by atoms with van der Waals surface area (Å²) in [5, 5.41) is 121. The van der Waals surface area contributed by atoms with E-state index in [-0.39, 0.29) is 18.9 Å². The second-order valence-electron chi connectivity index (χ2n) is 26.4. The van der Waals surface area contributed by atoms with Crippen LogP contribution in [0.2, 0.25) is 0 Å². The molecule has 0 aliphatic carbocycles. The number of amides is 1. The second kappa shape index (κ2) is 56.0. The standard InChI is InChI=1S/C75H133NO18/c1-3-5-7-9-11-13-15-17-19-21-23-25-27-28-29-31-32-34-36-38-40-42-44-46-48-50-52-59(80)58(76-63(81)53-51-49-47-45-43-41-39-37-35-33-30-26-24-22-20-18-16-14-12-10-8-6-4-2)57-89-73-69(87)66(84)71(61(55-78)91-73)94-75-70(88)67(85)72(62(56-79)92-75)93-74-68(86)65(83)64(82)60(54-77)90-74/h6,8,12,14,18,20,24,26,42,44,50,52,58-62,64-75,77-80,82-88H,3-5,7,9-11,13,15-17,19,21-23,25,27-41,43,45-49,51,53-57H2,1-2H3,(H,76,81)/b8-6-,14-12-,20-18-,26-24-,44-42+,52-50+. The minimum atomic E-state index is -1.98. The predicted molar refractivity (Wildman–Crippen MR) is 369 cm³/mol. The van der Waals surface area contributed by atoms with Crippen LogP contribution in [0.25, 0.3) is 0 Å². The smallest absolute Gasteiger partial charge is 0.220 e. The summed E-state index contributed by atoms with van der Waals surface area (Å²) < 4.78 is 34.4. The topological polar surface area (TPSA) is 307 Å². The van der Waals surface area contributed by atoms with Crippen LogP contribution in [-0.4, -0.2) is 193 Å². The van der Waals surface area contributed by atoms with Crippen molar-refractivity contribution in [3.8, 4) is 0 Å². The normalized spacial score (nSPS) is 27.8. The number of hydrogen-bond acceptors (Lipinski definition) is 18. The van der Waals surface area contributed by atoms with Crippen LogP contribution in [0, 0.1) is 0 Å². The maximum atomic E-state index is 13.4. The molecule has 3 saturated heterocycles. The molecule has 0 spiro atoms. The third-order valence-electron chi connectivity index (χ3n) is 18.2. The lowest BCUT2D eigenvalue weighted by Gasteiger charge is -2.48. The van der Waals surface area contributed by atoms with Crippen molar-refractivity contribution in [1.82, 2.24) is 5.32 Å². The molecular formula is C75H133NO18. The van der Waals surface area contributed by atoms with E-state index in [9.17, 15) is 61.0 Å². The van der Waals surface area contributed by atoms with Gasteiger partial charge in [-0.1, -0.05) is 260 Å². The van der Waals surface area contributed by atoms with Crippen molar-refractivity contribution in [2.24, 2.45) is 0 Å². The van der Waals surface area contributed by atoms with Gasteiger partial charge in [0.05, 0.1) is 38.6 Å². The van der Waals surface area contributed by atoms with Crippen LogP contribution in [-0.2, 0) is 33.2 Å². The van der Waals surface area contributed by atoms with Gasteiger partial charge in [0.25, 0.3) is 0 Å². The number of allylic oxidation sites excluding steroid dienone is 11. The van der Waals surface area contributed by atoms with Crippen LogP contribution in [0.15, 0.2) is 72.9 Å². The zero-order chi connectivity index (χ0) is 68.2. The first-order valence-corrected chi connectivity index (χ1v) is 37.2. The lowest BCUT2D eigenvalue weighted by molar-refractivity contribution is -0.379. The molecule has 17 unspecified atom stereocenters. The molecule has 3 heterocycles. The highest BCUT2D eigenvalue weighted by molar-refractivity contribution is 5.76. The Morgan fingerprint density at radius 1 is 0.394 bits per heavy atom. The van der Waals surface area contributed by atoms with Crippen molar-refractivity contribution >= 4 is 5.91 Å². The summed E-state index contributed by atoms with van der Waals surface area (Å²) in [6.45, 7) is 1.62. The van der Waals surface area contributed by atoms with E-state index in [1.807, 2.05) is 6.08 Å². The summed E-state index contributed by atoms with van der Waals surface area (Å²) in [5.41, 5.74) is 0. The third-order valence-corrected chi connectivity index (χ3v) is 18.2. The van der Waals surface area contributed by atoms with E-state index in [2.05, 4.69) is 79.9 Å². The molecule has 0 aromatic heterocycles. The highest BCUT2D eigenvalue weighted by Crippen LogP contribution is 2.33. The molecule has 1 amide bonds. The van der Waals surface area contributed by atoms with E-state index in [1.54, 1.807) is 6.08 Å². The van der Waals surface area contributed by atoms with Crippen LogP contribution < -0.4 is 5.32 Å². The summed E-state index contributed by atoms with van der Waals surface area (Å²) in [6.07, 6.45) is 44.5. The summed E-state index contributed by atoms with van der Waals surface area (Å²) in [5.74, 6) is -0.290. The molecule has 19 heteroatoms. The summed E-state index contributed by atoms with van der Waals surface area (Å²) in [7, 11) is 0. The first kappa shape index (κ1) is 85.5. The zero-order valence-electron chi connectivity index (χ0n) is 57.9. The van der Waals surface area contributed by atoms with Crippen LogP contribution >= 0.6 is 0 Å². The number of nitrogens with one attached hydrogen (secondary N) is 1. The molecule has 17 atom stereocenters. The van der Waals surface area contributed by atoms with Crippen LogP contribution in [0.1, 0.15) is 264 Å². The Morgan fingerprint density at radius 3 is 1.19 bits per heavy atom. The van der Waals surface area contributed by atoms with Crippen molar-refractivity contribution in [1.29, 1.82) is 0 Å². The Labute approximate surface area is 566 Å². The number of rotatable bonds is 57. The van der Waals surface area contributed by atoms with Gasteiger partial charge in [-0.05, 0) is 70.6 Å². The molecule has 0 saturated carbocycles. The van der Waals surface area contributed by atoms with Crippen LogP contribution in [0.4, 0.5) is 0 Å². The lowest BCUT2D eigenvalue weighted by atomic mass is 9.96. The number of carbonyl (C=O) groups is 1. The monoisotopic (exact) mass is 1340 g/mol. The number of aliphatic hydroxyl groups is 11. The van der Waals surface area contributed by atoms with Gasteiger partial charge in [-0.3, -0.25) is 4.79 Å². The molecule has 3 rings (SSSR count). The van der Waals surface area contributed by atoms with Crippen LogP contribution in [0.3, 0.4) is 0 Å². The van der Waals surface area contributed by atoms with Crippen molar-refractivity contribution in [2.45, 2.75) is 369 Å². The Hall–Kier alpha value is -2.77. The Morgan fingerprint density at radius 2 is 0.745 bits per heavy atom. The highest BCUT2D eigenvalue weighted by atomic mass is 16.8. The molecule has 546 valence electrons. The van der Waals surface area contributed by atoms with E-state index >= 15 is 0 Å².